The molecular formula is C13H12N2OS. The van der Waals surface area contributed by atoms with Crippen LogP contribution in [0.3, 0.4) is 0 Å². The van der Waals surface area contributed by atoms with Crippen molar-refractivity contribution in [3.8, 4) is 0 Å². The highest BCUT2D eigenvalue weighted by atomic mass is 32.1. The van der Waals surface area contributed by atoms with Gasteiger partial charge in [0.1, 0.15) is 4.70 Å². The molecule has 0 saturated carbocycles. The topological polar surface area (TPSA) is 45.8 Å². The Kier molecular flexibility index (Phi) is 2.26. The van der Waals surface area contributed by atoms with Crippen molar-refractivity contribution in [2.24, 2.45) is 0 Å². The van der Waals surface area contributed by atoms with Gasteiger partial charge in [-0.1, -0.05) is 32.0 Å². The van der Waals surface area contributed by atoms with Gasteiger partial charge in [-0.2, -0.15) is 5.10 Å². The highest BCUT2D eigenvalue weighted by Crippen LogP contribution is 2.34. The van der Waals surface area contributed by atoms with E-state index in [4.69, 9.17) is 0 Å². The molecule has 17 heavy (non-hydrogen) atoms. The summed E-state index contributed by atoms with van der Waals surface area (Å²) in [7, 11) is 0. The summed E-state index contributed by atoms with van der Waals surface area (Å²) in [5.74, 6) is 0.298. The van der Waals surface area contributed by atoms with Gasteiger partial charge >= 0.3 is 0 Å². The molecule has 0 unspecified atom stereocenters. The Morgan fingerprint density at radius 2 is 2.06 bits per heavy atom. The molecule has 0 spiro atoms. The van der Waals surface area contributed by atoms with Crippen LogP contribution in [-0.2, 0) is 0 Å². The van der Waals surface area contributed by atoms with E-state index in [1.54, 1.807) is 0 Å². The van der Waals surface area contributed by atoms with Crippen molar-refractivity contribution in [1.82, 2.24) is 10.2 Å². The summed E-state index contributed by atoms with van der Waals surface area (Å²) in [6.07, 6.45) is 0. The number of fused-ring (bicyclic) bond motifs is 3. The lowest BCUT2D eigenvalue weighted by atomic mass is 10.0. The van der Waals surface area contributed by atoms with E-state index >= 15 is 0 Å². The molecule has 0 atom stereocenters. The number of hydrogen-bond donors (Lipinski definition) is 1. The van der Waals surface area contributed by atoms with Gasteiger partial charge in [0, 0.05) is 15.5 Å². The van der Waals surface area contributed by atoms with Crippen molar-refractivity contribution in [2.45, 2.75) is 19.8 Å². The summed E-state index contributed by atoms with van der Waals surface area (Å²) in [5, 5.41) is 8.94. The van der Waals surface area contributed by atoms with Crippen LogP contribution in [0.4, 0.5) is 0 Å². The number of aromatic nitrogens is 2. The van der Waals surface area contributed by atoms with Gasteiger partial charge in [-0.25, -0.2) is 5.10 Å². The summed E-state index contributed by atoms with van der Waals surface area (Å²) in [6.45, 7) is 4.18. The van der Waals surface area contributed by atoms with Crippen LogP contribution in [0.2, 0.25) is 0 Å². The molecule has 2 heterocycles. The lowest BCUT2D eigenvalue weighted by Crippen LogP contribution is -2.10. The summed E-state index contributed by atoms with van der Waals surface area (Å²) >= 11 is 1.54. The van der Waals surface area contributed by atoms with Gasteiger partial charge in [0.25, 0.3) is 5.56 Å². The van der Waals surface area contributed by atoms with Gasteiger partial charge in [-0.05, 0) is 12.0 Å². The minimum atomic E-state index is -0.0920. The van der Waals surface area contributed by atoms with Gasteiger partial charge in [0.15, 0.2) is 0 Å². The summed E-state index contributed by atoms with van der Waals surface area (Å²) in [6, 6.07) is 8.10. The summed E-state index contributed by atoms with van der Waals surface area (Å²) in [5.41, 5.74) is 0.877. The van der Waals surface area contributed by atoms with Gasteiger partial charge in [-0.3, -0.25) is 4.79 Å². The molecule has 4 heteroatoms. The third kappa shape index (κ3) is 1.48. The smallest absolute Gasteiger partial charge is 0.266 e. The van der Waals surface area contributed by atoms with E-state index in [0.29, 0.717) is 5.92 Å². The molecule has 86 valence electrons. The van der Waals surface area contributed by atoms with E-state index < -0.39 is 0 Å². The Bertz CT molecular complexity index is 755. The fraction of sp³-hybridized carbons (Fsp3) is 0.231. The first-order valence-corrected chi connectivity index (χ1v) is 6.40. The minimum Gasteiger partial charge on any atom is -0.266 e. The Morgan fingerprint density at radius 3 is 2.82 bits per heavy atom. The Morgan fingerprint density at radius 1 is 1.29 bits per heavy atom. The van der Waals surface area contributed by atoms with E-state index in [2.05, 4.69) is 30.1 Å². The van der Waals surface area contributed by atoms with E-state index in [0.717, 1.165) is 25.9 Å². The van der Waals surface area contributed by atoms with Crippen LogP contribution in [0, 0.1) is 0 Å². The predicted octanol–water partition coefficient (Wildman–Crippen LogP) is 3.26. The van der Waals surface area contributed by atoms with Crippen molar-refractivity contribution in [3.05, 3.63) is 40.3 Å². The molecule has 3 nitrogen and oxygen atoms in total. The third-order valence-electron chi connectivity index (χ3n) is 2.88. The molecule has 0 bridgehead atoms. The SMILES string of the molecule is CC(C)c1n[nH]c(=O)c2sc3ccccc3c12. The second-order valence-corrected chi connectivity index (χ2v) is 5.45. The standard InChI is InChI=1S/C13H12N2OS/c1-7(2)11-10-8-5-3-4-6-9(8)17-12(10)13(16)15-14-11/h3-7H,1-2H3,(H,15,16). The Balaban J connectivity index is 2.61. The first-order chi connectivity index (χ1) is 8.18. The van der Waals surface area contributed by atoms with Gasteiger partial charge in [0.2, 0.25) is 0 Å². The highest BCUT2D eigenvalue weighted by Gasteiger charge is 2.15. The predicted molar refractivity (Wildman–Crippen MR) is 71.8 cm³/mol. The molecule has 1 N–H and O–H groups in total. The molecule has 1 aromatic carbocycles. The van der Waals surface area contributed by atoms with Crippen LogP contribution in [0.15, 0.2) is 29.1 Å². The fourth-order valence-corrected chi connectivity index (χ4v) is 3.20. The Hall–Kier alpha value is -1.68. The quantitative estimate of drug-likeness (QED) is 0.714. The van der Waals surface area contributed by atoms with Crippen LogP contribution in [0.25, 0.3) is 20.2 Å². The van der Waals surface area contributed by atoms with Crippen molar-refractivity contribution >= 4 is 31.5 Å². The molecule has 2 aromatic heterocycles. The molecule has 0 aliphatic carbocycles. The fourth-order valence-electron chi connectivity index (χ4n) is 2.10. The molecule has 0 aliphatic heterocycles. The number of nitrogens with one attached hydrogen (secondary N) is 1. The molecular weight excluding hydrogens is 232 g/mol. The largest absolute Gasteiger partial charge is 0.282 e. The molecule has 3 rings (SSSR count). The zero-order valence-electron chi connectivity index (χ0n) is 9.65. The van der Waals surface area contributed by atoms with Gasteiger partial charge < -0.3 is 0 Å². The lowest BCUT2D eigenvalue weighted by Gasteiger charge is -2.04. The van der Waals surface area contributed by atoms with Crippen LogP contribution < -0.4 is 5.56 Å². The number of benzene rings is 1. The Labute approximate surface area is 102 Å². The molecule has 0 radical (unpaired) electrons. The van der Waals surface area contributed by atoms with Crippen LogP contribution >= 0.6 is 11.3 Å². The van der Waals surface area contributed by atoms with E-state index in [1.165, 1.54) is 11.3 Å². The van der Waals surface area contributed by atoms with Crippen molar-refractivity contribution in [3.63, 3.8) is 0 Å². The maximum Gasteiger partial charge on any atom is 0.282 e. The number of hydrogen-bond acceptors (Lipinski definition) is 3. The average Bonchev–Trinajstić information content (AvgIpc) is 2.69. The second-order valence-electron chi connectivity index (χ2n) is 4.40. The number of thiophene rings is 1. The van der Waals surface area contributed by atoms with Crippen LogP contribution in [-0.4, -0.2) is 10.2 Å². The maximum atomic E-state index is 11.8. The molecule has 3 aromatic rings. The molecule has 0 aliphatic rings. The molecule has 0 amide bonds. The summed E-state index contributed by atoms with van der Waals surface area (Å²) in [4.78, 5) is 11.8. The van der Waals surface area contributed by atoms with E-state index in [9.17, 15) is 4.79 Å². The van der Waals surface area contributed by atoms with Gasteiger partial charge in [0.05, 0.1) is 5.69 Å². The van der Waals surface area contributed by atoms with E-state index in [1.807, 2.05) is 18.2 Å². The van der Waals surface area contributed by atoms with E-state index in [-0.39, 0.29) is 5.56 Å². The van der Waals surface area contributed by atoms with Crippen molar-refractivity contribution < 1.29 is 0 Å². The van der Waals surface area contributed by atoms with Crippen molar-refractivity contribution in [1.29, 1.82) is 0 Å². The highest BCUT2D eigenvalue weighted by molar-refractivity contribution is 7.25. The normalized spacial score (nSPS) is 11.7. The van der Waals surface area contributed by atoms with Crippen LogP contribution in [0.1, 0.15) is 25.5 Å². The first-order valence-electron chi connectivity index (χ1n) is 5.58. The molecule has 0 saturated heterocycles. The van der Waals surface area contributed by atoms with Crippen LogP contribution in [0.5, 0.6) is 0 Å². The summed E-state index contributed by atoms with van der Waals surface area (Å²) < 4.78 is 1.92. The maximum absolute atomic E-state index is 11.8. The minimum absolute atomic E-state index is 0.0920. The lowest BCUT2D eigenvalue weighted by molar-refractivity contribution is 0.794. The monoisotopic (exact) mass is 244 g/mol. The first kappa shape index (κ1) is 10.5. The zero-order chi connectivity index (χ0) is 12.0. The van der Waals surface area contributed by atoms with Crippen molar-refractivity contribution in [2.75, 3.05) is 0 Å². The number of aromatic amines is 1. The number of H-pyrrole nitrogens is 1. The zero-order valence-corrected chi connectivity index (χ0v) is 10.5. The second kappa shape index (κ2) is 3.67. The number of rotatable bonds is 1. The third-order valence-corrected chi connectivity index (χ3v) is 4.05. The molecule has 0 fully saturated rings. The van der Waals surface area contributed by atoms with Gasteiger partial charge in [-0.15, -0.1) is 11.3 Å². The number of nitrogens with zero attached hydrogens (tertiary/aromatic N) is 1. The average molecular weight is 244 g/mol.